The maximum atomic E-state index is 12.0. The van der Waals surface area contributed by atoms with Crippen LogP contribution in [0.5, 0.6) is 0 Å². The van der Waals surface area contributed by atoms with Crippen molar-refractivity contribution in [3.63, 3.8) is 0 Å². The Hall–Kier alpha value is -2.63. The number of benzene rings is 1. The predicted octanol–water partition coefficient (Wildman–Crippen LogP) is 0.153. The molecule has 0 atom stereocenters. The van der Waals surface area contributed by atoms with E-state index in [-0.39, 0.29) is 5.56 Å². The maximum Gasteiger partial charge on any atom is 0.308 e. The number of hydrogen-bond acceptors (Lipinski definition) is 3. The number of nitrogens with one attached hydrogen (secondary N) is 1. The highest BCUT2D eigenvalue weighted by Crippen LogP contribution is 2.01. The van der Waals surface area contributed by atoms with E-state index in [2.05, 4.69) is 5.10 Å². The number of carboxylic acid groups (broad SMARTS) is 1. The summed E-state index contributed by atoms with van der Waals surface area (Å²) in [4.78, 5) is 34.0. The van der Waals surface area contributed by atoms with Gasteiger partial charge in [-0.15, -0.1) is 0 Å². The van der Waals surface area contributed by atoms with E-state index in [1.54, 1.807) is 30.3 Å². The van der Waals surface area contributed by atoms with Gasteiger partial charge in [0.2, 0.25) is 0 Å². The smallest absolute Gasteiger partial charge is 0.308 e. The van der Waals surface area contributed by atoms with Crippen molar-refractivity contribution in [2.24, 2.45) is 0 Å². The van der Waals surface area contributed by atoms with Crippen LogP contribution in [0.2, 0.25) is 0 Å². The molecule has 2 N–H and O–H groups in total. The minimum Gasteiger partial charge on any atom is -0.481 e. The minimum atomic E-state index is -1.16. The van der Waals surface area contributed by atoms with Gasteiger partial charge < -0.3 is 5.11 Å². The number of H-pyrrole nitrogens is 1. The Kier molecular flexibility index (Phi) is 3.09. The molecular weight excluding hydrogens is 236 g/mol. The molecule has 1 heterocycles. The number of carboxylic acids is 1. The van der Waals surface area contributed by atoms with Crippen LogP contribution < -0.4 is 11.1 Å². The third kappa shape index (κ3) is 2.37. The van der Waals surface area contributed by atoms with Gasteiger partial charge in [-0.25, -0.2) is 4.68 Å². The molecule has 0 bridgehead atoms. The molecule has 1 aromatic carbocycles. The van der Waals surface area contributed by atoms with Gasteiger partial charge in [0.15, 0.2) is 0 Å². The summed E-state index contributed by atoms with van der Waals surface area (Å²) in [5.74, 6) is -1.16. The third-order valence-corrected chi connectivity index (χ3v) is 2.36. The molecular formula is C12H10N2O4. The average Bonchev–Trinajstić information content (AvgIpc) is 2.34. The number of rotatable bonds is 3. The molecule has 6 heteroatoms. The van der Waals surface area contributed by atoms with Gasteiger partial charge in [0.1, 0.15) is 0 Å². The van der Waals surface area contributed by atoms with E-state index in [1.807, 2.05) is 0 Å². The summed E-state index contributed by atoms with van der Waals surface area (Å²) in [7, 11) is 0. The first kappa shape index (κ1) is 11.8. The summed E-state index contributed by atoms with van der Waals surface area (Å²) in [5.41, 5.74) is -0.625. The Morgan fingerprint density at radius 2 is 1.89 bits per heavy atom. The third-order valence-electron chi connectivity index (χ3n) is 2.36. The lowest BCUT2D eigenvalue weighted by molar-refractivity contribution is -0.136. The van der Waals surface area contributed by atoms with Gasteiger partial charge >= 0.3 is 5.97 Å². The summed E-state index contributed by atoms with van der Waals surface area (Å²) in [5, 5.41) is 11.0. The van der Waals surface area contributed by atoms with Crippen LogP contribution in [-0.2, 0) is 11.2 Å². The highest BCUT2D eigenvalue weighted by Gasteiger charge is 2.10. The molecule has 0 saturated carbocycles. The van der Waals surface area contributed by atoms with Crippen LogP contribution in [0.4, 0.5) is 0 Å². The van der Waals surface area contributed by atoms with Gasteiger partial charge in [0.25, 0.3) is 11.1 Å². The second kappa shape index (κ2) is 4.70. The van der Waals surface area contributed by atoms with Crippen molar-refractivity contribution in [1.82, 2.24) is 9.78 Å². The Bertz CT molecular complexity index is 685. The highest BCUT2D eigenvalue weighted by molar-refractivity contribution is 5.69. The Morgan fingerprint density at radius 3 is 2.50 bits per heavy atom. The highest BCUT2D eigenvalue weighted by atomic mass is 16.4. The van der Waals surface area contributed by atoms with Crippen LogP contribution in [0.15, 0.2) is 46.0 Å². The van der Waals surface area contributed by atoms with E-state index in [0.29, 0.717) is 5.69 Å². The van der Waals surface area contributed by atoms with Gasteiger partial charge in [-0.05, 0) is 12.1 Å². The van der Waals surface area contributed by atoms with Crippen molar-refractivity contribution < 1.29 is 9.90 Å². The molecule has 6 nitrogen and oxygen atoms in total. The first-order chi connectivity index (χ1) is 8.58. The minimum absolute atomic E-state index is 0.0462. The number of para-hydroxylation sites is 1. The lowest BCUT2D eigenvalue weighted by Crippen LogP contribution is -2.31. The fourth-order valence-electron chi connectivity index (χ4n) is 1.61. The summed E-state index contributed by atoms with van der Waals surface area (Å²) >= 11 is 0. The number of aromatic amines is 1. The zero-order chi connectivity index (χ0) is 13.1. The van der Waals surface area contributed by atoms with Crippen LogP contribution in [0.3, 0.4) is 0 Å². The van der Waals surface area contributed by atoms with Gasteiger partial charge in [-0.2, -0.15) is 0 Å². The summed E-state index contributed by atoms with van der Waals surface area (Å²) in [6.45, 7) is 0. The van der Waals surface area contributed by atoms with E-state index in [9.17, 15) is 14.4 Å². The molecule has 92 valence electrons. The molecule has 0 fully saturated rings. The van der Waals surface area contributed by atoms with Crippen LogP contribution in [0.25, 0.3) is 5.69 Å². The van der Waals surface area contributed by atoms with Crippen molar-refractivity contribution in [1.29, 1.82) is 0 Å². The Labute approximate surface area is 101 Å². The molecule has 2 rings (SSSR count). The number of nitrogens with zero attached hydrogens (tertiary/aromatic N) is 1. The van der Waals surface area contributed by atoms with Crippen molar-refractivity contribution in [2.45, 2.75) is 6.42 Å². The van der Waals surface area contributed by atoms with Crippen LogP contribution in [-0.4, -0.2) is 20.9 Å². The maximum absolute atomic E-state index is 12.0. The second-order valence-corrected chi connectivity index (χ2v) is 3.69. The molecule has 0 spiro atoms. The zero-order valence-corrected chi connectivity index (χ0v) is 9.29. The molecule has 0 aliphatic heterocycles. The van der Waals surface area contributed by atoms with E-state index >= 15 is 0 Å². The molecule has 0 radical (unpaired) electrons. The fourth-order valence-corrected chi connectivity index (χ4v) is 1.61. The zero-order valence-electron chi connectivity index (χ0n) is 9.29. The first-order valence-electron chi connectivity index (χ1n) is 5.20. The number of aliphatic carboxylic acids is 1. The van der Waals surface area contributed by atoms with Gasteiger partial charge in [0.05, 0.1) is 12.1 Å². The quantitative estimate of drug-likeness (QED) is 0.806. The van der Waals surface area contributed by atoms with Crippen molar-refractivity contribution in [2.75, 3.05) is 0 Å². The summed E-state index contributed by atoms with van der Waals surface area (Å²) < 4.78 is 1.04. The van der Waals surface area contributed by atoms with E-state index in [4.69, 9.17) is 5.11 Å². The fraction of sp³-hybridized carbons (Fsp3) is 0.0833. The molecule has 0 amide bonds. The van der Waals surface area contributed by atoms with E-state index in [0.717, 1.165) is 10.7 Å². The Morgan fingerprint density at radius 1 is 1.22 bits per heavy atom. The SMILES string of the molecule is O=C(O)Cc1cc(=O)[nH]n(-c2ccccc2)c1=O. The first-order valence-corrected chi connectivity index (χ1v) is 5.20. The summed E-state index contributed by atoms with van der Waals surface area (Å²) in [6.07, 6.45) is -0.477. The van der Waals surface area contributed by atoms with Crippen molar-refractivity contribution >= 4 is 5.97 Å². The number of carbonyl (C=O) groups is 1. The molecule has 0 unspecified atom stereocenters. The topological polar surface area (TPSA) is 92.2 Å². The van der Waals surface area contributed by atoms with Crippen molar-refractivity contribution in [3.8, 4) is 5.69 Å². The molecule has 0 saturated heterocycles. The van der Waals surface area contributed by atoms with Crippen LogP contribution in [0, 0.1) is 0 Å². The van der Waals surface area contributed by atoms with Crippen LogP contribution >= 0.6 is 0 Å². The monoisotopic (exact) mass is 246 g/mol. The second-order valence-electron chi connectivity index (χ2n) is 3.69. The van der Waals surface area contributed by atoms with E-state index < -0.39 is 23.5 Å². The Balaban J connectivity index is 2.63. The molecule has 1 aromatic heterocycles. The average molecular weight is 246 g/mol. The summed E-state index contributed by atoms with van der Waals surface area (Å²) in [6, 6.07) is 9.49. The lowest BCUT2D eigenvalue weighted by Gasteiger charge is -2.06. The lowest BCUT2D eigenvalue weighted by atomic mass is 10.2. The number of hydrogen-bond donors (Lipinski definition) is 2. The van der Waals surface area contributed by atoms with Crippen molar-refractivity contribution in [3.05, 3.63) is 62.7 Å². The number of aromatic nitrogens is 2. The molecule has 0 aliphatic carbocycles. The van der Waals surface area contributed by atoms with Gasteiger partial charge in [-0.3, -0.25) is 19.5 Å². The largest absolute Gasteiger partial charge is 0.481 e. The van der Waals surface area contributed by atoms with E-state index in [1.165, 1.54) is 0 Å². The normalized spacial score (nSPS) is 10.2. The van der Waals surface area contributed by atoms with Crippen LogP contribution in [0.1, 0.15) is 5.56 Å². The molecule has 18 heavy (non-hydrogen) atoms. The standard InChI is InChI=1S/C12H10N2O4/c15-10-6-8(7-11(16)17)12(18)14(13-10)9-4-2-1-3-5-9/h1-6H,7H2,(H,13,15)(H,16,17). The van der Waals surface area contributed by atoms with Gasteiger partial charge in [-0.1, -0.05) is 18.2 Å². The predicted molar refractivity (Wildman–Crippen MR) is 64.0 cm³/mol. The van der Waals surface area contributed by atoms with Gasteiger partial charge in [0, 0.05) is 11.6 Å². The molecule has 0 aliphatic rings. The molecule has 2 aromatic rings.